The lowest BCUT2D eigenvalue weighted by Crippen LogP contribution is -1.97. The Labute approximate surface area is 167 Å². The number of carboxylic acids is 1. The molecule has 0 bridgehead atoms. The molecule has 6 heteroatoms. The van der Waals surface area contributed by atoms with Crippen molar-refractivity contribution >= 4 is 29.5 Å². The van der Waals surface area contributed by atoms with Gasteiger partial charge in [-0.1, -0.05) is 49.4 Å². The summed E-state index contributed by atoms with van der Waals surface area (Å²) >= 11 is 1.15. The van der Waals surface area contributed by atoms with Crippen molar-refractivity contribution in [2.45, 2.75) is 13.3 Å². The smallest absolute Gasteiger partial charge is 0.348 e. The molecule has 1 heterocycles. The number of carbonyl (C=O) groups is 1. The van der Waals surface area contributed by atoms with Crippen LogP contribution in [0.3, 0.4) is 0 Å². The van der Waals surface area contributed by atoms with E-state index in [-0.39, 0.29) is 4.88 Å². The summed E-state index contributed by atoms with van der Waals surface area (Å²) in [5, 5.41) is 10.1. The van der Waals surface area contributed by atoms with E-state index in [0.29, 0.717) is 28.8 Å². The number of aromatic nitrogens is 1. The van der Waals surface area contributed by atoms with Crippen LogP contribution in [0.1, 0.15) is 33.6 Å². The van der Waals surface area contributed by atoms with Crippen molar-refractivity contribution in [2.24, 2.45) is 0 Å². The van der Waals surface area contributed by atoms with Gasteiger partial charge in [-0.3, -0.25) is 0 Å². The van der Waals surface area contributed by atoms with Crippen LogP contribution >= 0.6 is 11.3 Å². The van der Waals surface area contributed by atoms with Crippen molar-refractivity contribution in [3.05, 3.63) is 64.0 Å². The SMILES string of the molecule is CCCOc1cc(/C=C/c2nc(-c3ccccc3)c(C(=O)O)s2)ccc1OC. The van der Waals surface area contributed by atoms with Gasteiger partial charge in [-0.25, -0.2) is 9.78 Å². The first-order chi connectivity index (χ1) is 13.6. The first-order valence-electron chi connectivity index (χ1n) is 8.90. The summed E-state index contributed by atoms with van der Waals surface area (Å²) in [6.45, 7) is 2.65. The fraction of sp³-hybridized carbons (Fsp3) is 0.182. The second-order valence-electron chi connectivity index (χ2n) is 5.99. The highest BCUT2D eigenvalue weighted by molar-refractivity contribution is 7.15. The van der Waals surface area contributed by atoms with E-state index in [0.717, 1.165) is 28.9 Å². The van der Waals surface area contributed by atoms with Gasteiger partial charge in [0.05, 0.1) is 19.4 Å². The van der Waals surface area contributed by atoms with Crippen LogP contribution in [-0.2, 0) is 0 Å². The molecule has 3 rings (SSSR count). The fourth-order valence-electron chi connectivity index (χ4n) is 2.63. The van der Waals surface area contributed by atoms with Gasteiger partial charge in [-0.15, -0.1) is 11.3 Å². The first-order valence-corrected chi connectivity index (χ1v) is 9.72. The third-order valence-electron chi connectivity index (χ3n) is 3.95. The van der Waals surface area contributed by atoms with E-state index in [1.807, 2.05) is 67.6 Å². The Morgan fingerprint density at radius 1 is 1.14 bits per heavy atom. The minimum atomic E-state index is -0.976. The van der Waals surface area contributed by atoms with Crippen LogP contribution in [0, 0.1) is 0 Å². The predicted molar refractivity (Wildman–Crippen MR) is 112 cm³/mol. The van der Waals surface area contributed by atoms with E-state index >= 15 is 0 Å². The zero-order chi connectivity index (χ0) is 19.9. The lowest BCUT2D eigenvalue weighted by molar-refractivity contribution is 0.0702. The lowest BCUT2D eigenvalue weighted by atomic mass is 10.1. The van der Waals surface area contributed by atoms with Gasteiger partial charge in [-0.2, -0.15) is 0 Å². The molecule has 144 valence electrons. The summed E-state index contributed by atoms with van der Waals surface area (Å²) in [5.41, 5.74) is 2.19. The molecule has 1 aromatic heterocycles. The van der Waals surface area contributed by atoms with Crippen molar-refractivity contribution in [2.75, 3.05) is 13.7 Å². The number of rotatable bonds is 8. The van der Waals surface area contributed by atoms with Crippen molar-refractivity contribution in [3.63, 3.8) is 0 Å². The topological polar surface area (TPSA) is 68.7 Å². The Hall–Kier alpha value is -3.12. The summed E-state index contributed by atoms with van der Waals surface area (Å²) in [7, 11) is 1.61. The average molecular weight is 395 g/mol. The quantitative estimate of drug-likeness (QED) is 0.547. The van der Waals surface area contributed by atoms with E-state index in [9.17, 15) is 9.90 Å². The molecule has 5 nitrogen and oxygen atoms in total. The van der Waals surface area contributed by atoms with Gasteiger partial charge < -0.3 is 14.6 Å². The van der Waals surface area contributed by atoms with E-state index in [1.165, 1.54) is 0 Å². The number of ether oxygens (including phenoxy) is 2. The zero-order valence-electron chi connectivity index (χ0n) is 15.7. The normalized spacial score (nSPS) is 10.9. The molecular weight excluding hydrogens is 374 g/mol. The summed E-state index contributed by atoms with van der Waals surface area (Å²) < 4.78 is 11.1. The van der Waals surface area contributed by atoms with Crippen LogP contribution < -0.4 is 9.47 Å². The maximum atomic E-state index is 11.6. The van der Waals surface area contributed by atoms with Gasteiger partial charge in [0, 0.05) is 5.56 Å². The number of aromatic carboxylic acids is 1. The number of hydrogen-bond donors (Lipinski definition) is 1. The van der Waals surface area contributed by atoms with Crippen molar-refractivity contribution in [1.29, 1.82) is 0 Å². The molecule has 0 fully saturated rings. The molecule has 0 aliphatic rings. The van der Waals surface area contributed by atoms with Crippen LogP contribution in [0.4, 0.5) is 0 Å². The minimum absolute atomic E-state index is 0.229. The summed E-state index contributed by atoms with van der Waals surface area (Å²) in [6.07, 6.45) is 4.61. The molecule has 2 aromatic carbocycles. The van der Waals surface area contributed by atoms with Crippen LogP contribution in [-0.4, -0.2) is 29.8 Å². The number of benzene rings is 2. The summed E-state index contributed by atoms with van der Waals surface area (Å²) in [6, 6.07) is 15.0. The number of carboxylic acid groups (broad SMARTS) is 1. The maximum Gasteiger partial charge on any atom is 0.348 e. The second-order valence-corrected chi connectivity index (χ2v) is 7.02. The zero-order valence-corrected chi connectivity index (χ0v) is 16.5. The van der Waals surface area contributed by atoms with Gasteiger partial charge in [-0.05, 0) is 30.2 Å². The molecule has 0 atom stereocenters. The average Bonchev–Trinajstić information content (AvgIpc) is 3.16. The van der Waals surface area contributed by atoms with Gasteiger partial charge >= 0.3 is 5.97 Å². The van der Waals surface area contributed by atoms with Crippen molar-refractivity contribution < 1.29 is 19.4 Å². The monoisotopic (exact) mass is 395 g/mol. The highest BCUT2D eigenvalue weighted by Crippen LogP contribution is 2.31. The molecule has 0 aliphatic heterocycles. The molecule has 0 spiro atoms. The Balaban J connectivity index is 1.89. The van der Waals surface area contributed by atoms with E-state index in [2.05, 4.69) is 4.98 Å². The largest absolute Gasteiger partial charge is 0.493 e. The van der Waals surface area contributed by atoms with Gasteiger partial charge in [0.1, 0.15) is 9.88 Å². The van der Waals surface area contributed by atoms with E-state index in [4.69, 9.17) is 9.47 Å². The Morgan fingerprint density at radius 2 is 1.93 bits per heavy atom. The Kier molecular flexibility index (Phi) is 6.45. The van der Waals surface area contributed by atoms with Crippen LogP contribution in [0.2, 0.25) is 0 Å². The van der Waals surface area contributed by atoms with Gasteiger partial charge in [0.15, 0.2) is 11.5 Å². The molecule has 0 amide bonds. The maximum absolute atomic E-state index is 11.6. The molecule has 3 aromatic rings. The molecule has 0 radical (unpaired) electrons. The Bertz CT molecular complexity index is 979. The highest BCUT2D eigenvalue weighted by Gasteiger charge is 2.17. The van der Waals surface area contributed by atoms with Crippen LogP contribution in [0.5, 0.6) is 11.5 Å². The van der Waals surface area contributed by atoms with Gasteiger partial charge in [0.2, 0.25) is 0 Å². The molecule has 0 unspecified atom stereocenters. The first kappa shape index (κ1) is 19.6. The van der Waals surface area contributed by atoms with E-state index in [1.54, 1.807) is 7.11 Å². The van der Waals surface area contributed by atoms with Crippen molar-refractivity contribution in [3.8, 4) is 22.8 Å². The van der Waals surface area contributed by atoms with Gasteiger partial charge in [0.25, 0.3) is 0 Å². The molecular formula is C22H21NO4S. The lowest BCUT2D eigenvalue weighted by Gasteiger charge is -2.10. The third kappa shape index (κ3) is 4.58. The van der Waals surface area contributed by atoms with Crippen molar-refractivity contribution in [1.82, 2.24) is 4.98 Å². The Morgan fingerprint density at radius 3 is 2.61 bits per heavy atom. The fourth-order valence-corrected chi connectivity index (χ4v) is 3.46. The van der Waals surface area contributed by atoms with Crippen LogP contribution in [0.25, 0.3) is 23.4 Å². The predicted octanol–water partition coefficient (Wildman–Crippen LogP) is 5.48. The highest BCUT2D eigenvalue weighted by atomic mass is 32.1. The standard InChI is InChI=1S/C22H21NO4S/c1-3-13-27-18-14-15(9-11-17(18)26-2)10-12-19-23-20(21(28-19)22(24)25)16-7-5-4-6-8-16/h4-12,14H,3,13H2,1-2H3,(H,24,25)/b12-10+. The summed E-state index contributed by atoms with van der Waals surface area (Å²) in [4.78, 5) is 16.4. The number of methoxy groups -OCH3 is 1. The molecule has 0 saturated carbocycles. The number of hydrogen-bond acceptors (Lipinski definition) is 5. The molecule has 28 heavy (non-hydrogen) atoms. The molecule has 0 saturated heterocycles. The van der Waals surface area contributed by atoms with Crippen LogP contribution in [0.15, 0.2) is 48.5 Å². The number of nitrogens with zero attached hydrogens (tertiary/aromatic N) is 1. The summed E-state index contributed by atoms with van der Waals surface area (Å²) in [5.74, 6) is 0.386. The minimum Gasteiger partial charge on any atom is -0.493 e. The number of thiazole rings is 1. The third-order valence-corrected chi connectivity index (χ3v) is 4.96. The molecule has 1 N–H and O–H groups in total. The van der Waals surface area contributed by atoms with E-state index < -0.39 is 5.97 Å². The second kappa shape index (κ2) is 9.19. The molecule has 0 aliphatic carbocycles.